The molecule has 0 fully saturated rings. The van der Waals surface area contributed by atoms with Crippen molar-refractivity contribution in [3.05, 3.63) is 30.5 Å². The molecule has 4 heteroatoms. The standard InChI is InChI=1S/C12H14N4/c1-3-9(2)14-16-12-11-7-5-4-6-10(11)8-13-15-12/h4-9H,3H2,1-2H3. The van der Waals surface area contributed by atoms with E-state index in [4.69, 9.17) is 0 Å². The van der Waals surface area contributed by atoms with Crippen molar-refractivity contribution < 1.29 is 0 Å². The number of fused-ring (bicyclic) bond motifs is 1. The van der Waals surface area contributed by atoms with E-state index < -0.39 is 0 Å². The molecule has 1 atom stereocenters. The summed E-state index contributed by atoms with van der Waals surface area (Å²) in [5, 5.41) is 18.3. The predicted molar refractivity (Wildman–Crippen MR) is 63.8 cm³/mol. The van der Waals surface area contributed by atoms with Crippen molar-refractivity contribution in [3.63, 3.8) is 0 Å². The average molecular weight is 214 g/mol. The zero-order chi connectivity index (χ0) is 11.4. The Morgan fingerprint density at radius 2 is 2.12 bits per heavy atom. The molecule has 0 amide bonds. The average Bonchev–Trinajstić information content (AvgIpc) is 2.35. The topological polar surface area (TPSA) is 50.5 Å². The first kappa shape index (κ1) is 10.7. The first-order valence-electron chi connectivity index (χ1n) is 5.42. The molecule has 1 aromatic carbocycles. The van der Waals surface area contributed by atoms with E-state index in [1.165, 1.54) is 0 Å². The monoisotopic (exact) mass is 214 g/mol. The number of nitrogens with zero attached hydrogens (tertiary/aromatic N) is 4. The van der Waals surface area contributed by atoms with Crippen molar-refractivity contribution >= 4 is 16.6 Å². The molecule has 0 spiro atoms. The molecule has 2 aromatic rings. The van der Waals surface area contributed by atoms with Crippen LogP contribution in [0.5, 0.6) is 0 Å². The van der Waals surface area contributed by atoms with Gasteiger partial charge in [0, 0.05) is 10.8 Å². The van der Waals surface area contributed by atoms with Gasteiger partial charge in [-0.3, -0.25) is 0 Å². The van der Waals surface area contributed by atoms with Crippen LogP contribution in [0.1, 0.15) is 20.3 Å². The Kier molecular flexibility index (Phi) is 3.19. The second-order valence-corrected chi connectivity index (χ2v) is 3.73. The fourth-order valence-electron chi connectivity index (χ4n) is 1.32. The Morgan fingerprint density at radius 3 is 2.94 bits per heavy atom. The van der Waals surface area contributed by atoms with Crippen LogP contribution >= 0.6 is 0 Å². The quantitative estimate of drug-likeness (QED) is 0.734. The molecule has 0 N–H and O–H groups in total. The lowest BCUT2D eigenvalue weighted by molar-refractivity contribution is 0.678. The van der Waals surface area contributed by atoms with E-state index in [1.807, 2.05) is 31.2 Å². The van der Waals surface area contributed by atoms with Gasteiger partial charge in [-0.05, 0) is 13.3 Å². The minimum absolute atomic E-state index is 0.223. The van der Waals surface area contributed by atoms with E-state index in [2.05, 4.69) is 27.3 Å². The van der Waals surface area contributed by atoms with Crippen LogP contribution in [0.15, 0.2) is 40.7 Å². The molecule has 0 bridgehead atoms. The van der Waals surface area contributed by atoms with Crippen molar-refractivity contribution in [2.75, 3.05) is 0 Å². The van der Waals surface area contributed by atoms with Crippen molar-refractivity contribution in [2.45, 2.75) is 26.3 Å². The van der Waals surface area contributed by atoms with Gasteiger partial charge in [-0.25, -0.2) is 0 Å². The Bertz CT molecular complexity index is 502. The highest BCUT2D eigenvalue weighted by molar-refractivity contribution is 5.89. The zero-order valence-corrected chi connectivity index (χ0v) is 9.46. The molecule has 0 aliphatic carbocycles. The number of aromatic nitrogens is 2. The van der Waals surface area contributed by atoms with Crippen LogP contribution < -0.4 is 0 Å². The van der Waals surface area contributed by atoms with Gasteiger partial charge in [0.2, 0.25) is 5.82 Å². The summed E-state index contributed by atoms with van der Waals surface area (Å²) in [6, 6.07) is 8.13. The van der Waals surface area contributed by atoms with Gasteiger partial charge in [-0.1, -0.05) is 31.2 Å². The zero-order valence-electron chi connectivity index (χ0n) is 9.46. The molecular weight excluding hydrogens is 200 g/mol. The number of azo groups is 1. The first-order valence-corrected chi connectivity index (χ1v) is 5.42. The number of hydrogen-bond donors (Lipinski definition) is 0. The molecule has 0 radical (unpaired) electrons. The molecule has 0 saturated heterocycles. The van der Waals surface area contributed by atoms with Crippen molar-refractivity contribution in [3.8, 4) is 0 Å². The van der Waals surface area contributed by atoms with E-state index >= 15 is 0 Å². The van der Waals surface area contributed by atoms with Crippen molar-refractivity contribution in [2.24, 2.45) is 10.2 Å². The van der Waals surface area contributed by atoms with Crippen LogP contribution in [0, 0.1) is 0 Å². The summed E-state index contributed by atoms with van der Waals surface area (Å²) in [6.07, 6.45) is 2.71. The lowest BCUT2D eigenvalue weighted by atomic mass is 10.2. The van der Waals surface area contributed by atoms with Crippen LogP contribution in [0.3, 0.4) is 0 Å². The van der Waals surface area contributed by atoms with Gasteiger partial charge in [0.05, 0.1) is 12.2 Å². The largest absolute Gasteiger partial charge is 0.203 e. The number of hydrogen-bond acceptors (Lipinski definition) is 4. The van der Waals surface area contributed by atoms with Gasteiger partial charge in [-0.2, -0.15) is 10.2 Å². The summed E-state index contributed by atoms with van der Waals surface area (Å²) in [6.45, 7) is 4.11. The number of benzene rings is 1. The summed E-state index contributed by atoms with van der Waals surface area (Å²) in [5.41, 5.74) is 0. The normalized spacial score (nSPS) is 13.4. The van der Waals surface area contributed by atoms with Crippen LogP contribution in [-0.4, -0.2) is 16.2 Å². The fraction of sp³-hybridized carbons (Fsp3) is 0.333. The first-order chi connectivity index (χ1) is 7.81. The lowest BCUT2D eigenvalue weighted by Crippen LogP contribution is -1.92. The van der Waals surface area contributed by atoms with E-state index in [0.717, 1.165) is 17.2 Å². The molecule has 0 aliphatic rings. The van der Waals surface area contributed by atoms with E-state index in [-0.39, 0.29) is 6.04 Å². The summed E-state index contributed by atoms with van der Waals surface area (Å²) in [5.74, 6) is 0.596. The molecule has 16 heavy (non-hydrogen) atoms. The van der Waals surface area contributed by atoms with E-state index in [9.17, 15) is 0 Å². The van der Waals surface area contributed by atoms with Crippen LogP contribution in [0.25, 0.3) is 10.8 Å². The van der Waals surface area contributed by atoms with Gasteiger partial charge in [0.1, 0.15) is 0 Å². The summed E-state index contributed by atoms with van der Waals surface area (Å²) >= 11 is 0. The molecule has 0 aliphatic heterocycles. The third-order valence-corrected chi connectivity index (χ3v) is 2.49. The van der Waals surface area contributed by atoms with Crippen LogP contribution in [0.4, 0.5) is 5.82 Å². The molecule has 1 heterocycles. The fourth-order valence-corrected chi connectivity index (χ4v) is 1.32. The predicted octanol–water partition coefficient (Wildman–Crippen LogP) is 3.51. The van der Waals surface area contributed by atoms with E-state index in [0.29, 0.717) is 5.82 Å². The number of rotatable bonds is 3. The Hall–Kier alpha value is -1.84. The Balaban J connectivity index is 2.41. The smallest absolute Gasteiger partial charge is 0.184 e. The molecule has 1 aromatic heterocycles. The molecule has 2 rings (SSSR count). The third-order valence-electron chi connectivity index (χ3n) is 2.49. The lowest BCUT2D eigenvalue weighted by Gasteiger charge is -2.00. The maximum Gasteiger partial charge on any atom is 0.203 e. The van der Waals surface area contributed by atoms with Gasteiger partial charge < -0.3 is 0 Å². The molecule has 82 valence electrons. The van der Waals surface area contributed by atoms with Crippen LogP contribution in [-0.2, 0) is 0 Å². The van der Waals surface area contributed by atoms with Gasteiger partial charge in [0.15, 0.2) is 0 Å². The highest BCUT2D eigenvalue weighted by Crippen LogP contribution is 2.22. The maximum atomic E-state index is 4.19. The molecule has 0 saturated carbocycles. The van der Waals surface area contributed by atoms with Gasteiger partial charge in [0.25, 0.3) is 0 Å². The second kappa shape index (κ2) is 4.79. The van der Waals surface area contributed by atoms with E-state index in [1.54, 1.807) is 6.20 Å². The Morgan fingerprint density at radius 1 is 1.31 bits per heavy atom. The molecular formula is C12H14N4. The molecule has 4 nitrogen and oxygen atoms in total. The van der Waals surface area contributed by atoms with Crippen molar-refractivity contribution in [1.29, 1.82) is 0 Å². The minimum atomic E-state index is 0.223. The van der Waals surface area contributed by atoms with Gasteiger partial charge in [-0.15, -0.1) is 10.2 Å². The van der Waals surface area contributed by atoms with Gasteiger partial charge >= 0.3 is 0 Å². The SMILES string of the molecule is CCC(C)N=Nc1nncc2ccccc12. The van der Waals surface area contributed by atoms with Crippen LogP contribution in [0.2, 0.25) is 0 Å². The summed E-state index contributed by atoms with van der Waals surface area (Å²) in [4.78, 5) is 0. The van der Waals surface area contributed by atoms with Crippen molar-refractivity contribution in [1.82, 2.24) is 10.2 Å². The Labute approximate surface area is 94.4 Å². The highest BCUT2D eigenvalue weighted by atomic mass is 15.2. The minimum Gasteiger partial charge on any atom is -0.184 e. The third kappa shape index (κ3) is 2.21. The summed E-state index contributed by atoms with van der Waals surface area (Å²) < 4.78 is 0. The maximum absolute atomic E-state index is 4.19. The summed E-state index contributed by atoms with van der Waals surface area (Å²) in [7, 11) is 0. The highest BCUT2D eigenvalue weighted by Gasteiger charge is 2.01. The second-order valence-electron chi connectivity index (χ2n) is 3.73. The molecule has 1 unspecified atom stereocenters.